The zero-order valence-corrected chi connectivity index (χ0v) is 21.9. The Labute approximate surface area is 221 Å². The third-order valence-electron chi connectivity index (χ3n) is 6.91. The fourth-order valence-electron chi connectivity index (χ4n) is 4.84. The van der Waals surface area contributed by atoms with Gasteiger partial charge in [-0.3, -0.25) is 14.5 Å². The van der Waals surface area contributed by atoms with Gasteiger partial charge in [0.2, 0.25) is 0 Å². The highest BCUT2D eigenvalue weighted by Gasteiger charge is 2.29. The molecule has 0 spiro atoms. The number of rotatable bonds is 7. The van der Waals surface area contributed by atoms with Crippen LogP contribution in [0.2, 0.25) is 0 Å². The van der Waals surface area contributed by atoms with Gasteiger partial charge in [0.1, 0.15) is 11.3 Å². The van der Waals surface area contributed by atoms with Crippen molar-refractivity contribution in [2.24, 2.45) is 0 Å². The van der Waals surface area contributed by atoms with Crippen LogP contribution in [0.15, 0.2) is 66.9 Å². The first-order valence-electron chi connectivity index (χ1n) is 12.5. The highest BCUT2D eigenvalue weighted by molar-refractivity contribution is 7.99. The quantitative estimate of drug-likeness (QED) is 0.424. The molecule has 3 N–H and O–H groups in total. The summed E-state index contributed by atoms with van der Waals surface area (Å²) in [5.74, 6) is 0.245. The fraction of sp³-hybridized carbons (Fsp3) is 0.321. The minimum Gasteiger partial charge on any atom is -0.367 e. The molecule has 3 aromatic rings. The molecule has 2 aliphatic heterocycles. The Hall–Kier alpha value is -3.56. The van der Waals surface area contributed by atoms with E-state index in [0.717, 1.165) is 38.2 Å². The molecule has 2 aromatic carbocycles. The number of benzene rings is 2. The van der Waals surface area contributed by atoms with Crippen LogP contribution in [0.3, 0.4) is 0 Å². The van der Waals surface area contributed by atoms with E-state index in [1.54, 1.807) is 48.1 Å². The standard InChI is InChI=1S/C28H32N6O2S/c1-33-27(36)23-17-21(10-11-24(23)32-28(33)37-2)31-26(35)22-9-6-14-29-25(22)30-20-12-15-34(16-13-20)18-19-7-4-3-5-8-19/h3-11,14,17,20,28,32H,12-13,15-16,18H2,1-2H3,(H,29,30)(H,31,35). The Kier molecular flexibility index (Phi) is 7.62. The van der Waals surface area contributed by atoms with Gasteiger partial charge in [0.05, 0.1) is 11.1 Å². The number of nitrogens with zero attached hydrogens (tertiary/aromatic N) is 3. The van der Waals surface area contributed by atoms with Gasteiger partial charge in [0, 0.05) is 50.3 Å². The van der Waals surface area contributed by atoms with Crippen LogP contribution in [0.5, 0.6) is 0 Å². The van der Waals surface area contributed by atoms with Crippen molar-refractivity contribution in [3.05, 3.63) is 83.6 Å². The van der Waals surface area contributed by atoms with E-state index >= 15 is 0 Å². The first-order chi connectivity index (χ1) is 18.0. The number of thioether (sulfide) groups is 1. The number of anilines is 3. The molecular formula is C28H32N6O2S. The van der Waals surface area contributed by atoms with E-state index in [0.29, 0.717) is 22.6 Å². The summed E-state index contributed by atoms with van der Waals surface area (Å²) in [5.41, 5.74) is 3.57. The third kappa shape index (κ3) is 5.73. The first kappa shape index (κ1) is 25.1. The lowest BCUT2D eigenvalue weighted by atomic mass is 10.0. The van der Waals surface area contributed by atoms with Crippen LogP contribution in [0.1, 0.15) is 39.1 Å². The van der Waals surface area contributed by atoms with Gasteiger partial charge in [-0.1, -0.05) is 30.3 Å². The van der Waals surface area contributed by atoms with E-state index < -0.39 is 0 Å². The highest BCUT2D eigenvalue weighted by Crippen LogP contribution is 2.30. The summed E-state index contributed by atoms with van der Waals surface area (Å²) < 4.78 is 0. The van der Waals surface area contributed by atoms with Gasteiger partial charge in [0.15, 0.2) is 0 Å². The molecule has 5 rings (SSSR count). The third-order valence-corrected chi connectivity index (χ3v) is 7.79. The summed E-state index contributed by atoms with van der Waals surface area (Å²) >= 11 is 1.56. The molecule has 0 radical (unpaired) electrons. The van der Waals surface area contributed by atoms with E-state index in [-0.39, 0.29) is 23.4 Å². The molecule has 9 heteroatoms. The Balaban J connectivity index is 1.22. The maximum Gasteiger partial charge on any atom is 0.259 e. The normalized spacial score (nSPS) is 18.2. The second-order valence-electron chi connectivity index (χ2n) is 9.44. The van der Waals surface area contributed by atoms with Crippen molar-refractivity contribution >= 4 is 40.8 Å². The molecule has 192 valence electrons. The molecular weight excluding hydrogens is 484 g/mol. The number of hydrogen-bond donors (Lipinski definition) is 3. The molecule has 3 heterocycles. The molecule has 0 aliphatic carbocycles. The van der Waals surface area contributed by atoms with Crippen LogP contribution in [-0.2, 0) is 6.54 Å². The lowest BCUT2D eigenvalue weighted by Gasteiger charge is -2.34. The van der Waals surface area contributed by atoms with Gasteiger partial charge in [0.25, 0.3) is 11.8 Å². The number of aromatic nitrogens is 1. The molecule has 0 saturated carbocycles. The molecule has 8 nitrogen and oxygen atoms in total. The highest BCUT2D eigenvalue weighted by atomic mass is 32.2. The Bertz CT molecular complexity index is 1260. The van der Waals surface area contributed by atoms with E-state index in [9.17, 15) is 9.59 Å². The van der Waals surface area contributed by atoms with E-state index in [2.05, 4.69) is 50.1 Å². The molecule has 37 heavy (non-hydrogen) atoms. The first-order valence-corrected chi connectivity index (χ1v) is 13.8. The predicted octanol–water partition coefficient (Wildman–Crippen LogP) is 4.55. The summed E-state index contributed by atoms with van der Waals surface area (Å²) in [6.45, 7) is 2.94. The molecule has 1 atom stereocenters. The van der Waals surface area contributed by atoms with Crippen molar-refractivity contribution in [1.82, 2.24) is 14.8 Å². The van der Waals surface area contributed by atoms with Crippen LogP contribution in [0.25, 0.3) is 0 Å². The van der Waals surface area contributed by atoms with Crippen molar-refractivity contribution in [1.29, 1.82) is 0 Å². The lowest BCUT2D eigenvalue weighted by molar-refractivity contribution is 0.0781. The number of carbonyl (C=O) groups excluding carboxylic acids is 2. The number of pyridine rings is 1. The summed E-state index contributed by atoms with van der Waals surface area (Å²) in [6.07, 6.45) is 5.61. The van der Waals surface area contributed by atoms with Gasteiger partial charge in [-0.2, -0.15) is 0 Å². The Morgan fingerprint density at radius 1 is 1.11 bits per heavy atom. The maximum absolute atomic E-state index is 13.2. The number of likely N-dealkylation sites (tertiary alicyclic amines) is 1. The molecule has 1 saturated heterocycles. The summed E-state index contributed by atoms with van der Waals surface area (Å²) in [4.78, 5) is 34.7. The molecule has 1 aromatic heterocycles. The number of piperidine rings is 1. The smallest absolute Gasteiger partial charge is 0.259 e. The van der Waals surface area contributed by atoms with E-state index in [1.165, 1.54) is 5.56 Å². The van der Waals surface area contributed by atoms with E-state index in [1.807, 2.05) is 24.5 Å². The van der Waals surface area contributed by atoms with Gasteiger partial charge in [-0.25, -0.2) is 4.98 Å². The summed E-state index contributed by atoms with van der Waals surface area (Å²) in [5, 5.41) is 9.80. The monoisotopic (exact) mass is 516 g/mol. The van der Waals surface area contributed by atoms with Crippen LogP contribution >= 0.6 is 11.8 Å². The number of hydrogen-bond acceptors (Lipinski definition) is 7. The predicted molar refractivity (Wildman–Crippen MR) is 150 cm³/mol. The molecule has 2 amide bonds. The number of nitrogens with one attached hydrogen (secondary N) is 3. The SMILES string of the molecule is CSC1Nc2ccc(NC(=O)c3cccnc3NC3CCN(Cc4ccccc4)CC3)cc2C(=O)N1C. The second kappa shape index (κ2) is 11.2. The summed E-state index contributed by atoms with van der Waals surface area (Å²) in [7, 11) is 1.77. The minimum atomic E-state index is -0.261. The number of fused-ring (bicyclic) bond motifs is 1. The number of amides is 2. The van der Waals surface area contributed by atoms with Gasteiger partial charge in [-0.05, 0) is 55.0 Å². The zero-order chi connectivity index (χ0) is 25.8. The molecule has 1 fully saturated rings. The average molecular weight is 517 g/mol. The van der Waals surface area contributed by atoms with Crippen molar-refractivity contribution in [2.45, 2.75) is 30.9 Å². The average Bonchev–Trinajstić information content (AvgIpc) is 2.93. The van der Waals surface area contributed by atoms with Crippen LogP contribution < -0.4 is 16.0 Å². The topological polar surface area (TPSA) is 89.6 Å². The minimum absolute atomic E-state index is 0.0773. The van der Waals surface area contributed by atoms with Crippen LogP contribution in [0, 0.1) is 0 Å². The largest absolute Gasteiger partial charge is 0.367 e. The lowest BCUT2D eigenvalue weighted by Crippen LogP contribution is -2.44. The number of carbonyl (C=O) groups is 2. The van der Waals surface area contributed by atoms with Crippen molar-refractivity contribution < 1.29 is 9.59 Å². The fourth-order valence-corrected chi connectivity index (χ4v) is 5.50. The molecule has 1 unspecified atom stereocenters. The maximum atomic E-state index is 13.2. The zero-order valence-electron chi connectivity index (χ0n) is 21.1. The Morgan fingerprint density at radius 3 is 2.65 bits per heavy atom. The van der Waals surface area contributed by atoms with Gasteiger partial charge >= 0.3 is 0 Å². The molecule has 0 bridgehead atoms. The van der Waals surface area contributed by atoms with Crippen molar-refractivity contribution in [3.63, 3.8) is 0 Å². The van der Waals surface area contributed by atoms with Crippen LogP contribution in [-0.4, -0.2) is 64.5 Å². The van der Waals surface area contributed by atoms with Gasteiger partial charge in [-0.15, -0.1) is 11.8 Å². The summed E-state index contributed by atoms with van der Waals surface area (Å²) in [6, 6.07) is 19.7. The van der Waals surface area contributed by atoms with Crippen molar-refractivity contribution in [2.75, 3.05) is 42.3 Å². The second-order valence-corrected chi connectivity index (χ2v) is 10.4. The van der Waals surface area contributed by atoms with Crippen molar-refractivity contribution in [3.8, 4) is 0 Å². The molecule has 2 aliphatic rings. The van der Waals surface area contributed by atoms with Crippen LogP contribution in [0.4, 0.5) is 17.2 Å². The van der Waals surface area contributed by atoms with Gasteiger partial charge < -0.3 is 20.9 Å². The van der Waals surface area contributed by atoms with E-state index in [4.69, 9.17) is 0 Å². The Morgan fingerprint density at radius 2 is 1.89 bits per heavy atom.